The highest BCUT2D eigenvalue weighted by atomic mass is 15.0. The van der Waals surface area contributed by atoms with Crippen molar-refractivity contribution in [3.8, 4) is 0 Å². The normalized spacial score (nSPS) is 12.7. The molecule has 3 N–H and O–H groups in total. The summed E-state index contributed by atoms with van der Waals surface area (Å²) in [6.45, 7) is 4.19. The van der Waals surface area contributed by atoms with Gasteiger partial charge in [0.1, 0.15) is 5.82 Å². The van der Waals surface area contributed by atoms with E-state index < -0.39 is 0 Å². The van der Waals surface area contributed by atoms with Crippen LogP contribution in [-0.4, -0.2) is 9.97 Å². The second-order valence-electron chi connectivity index (χ2n) is 5.73. The van der Waals surface area contributed by atoms with E-state index in [0.717, 1.165) is 29.7 Å². The van der Waals surface area contributed by atoms with E-state index in [1.807, 2.05) is 6.07 Å². The van der Waals surface area contributed by atoms with Crippen molar-refractivity contribution < 1.29 is 0 Å². The summed E-state index contributed by atoms with van der Waals surface area (Å²) in [7, 11) is 0. The van der Waals surface area contributed by atoms with E-state index >= 15 is 0 Å². The summed E-state index contributed by atoms with van der Waals surface area (Å²) in [5, 5.41) is 0. The summed E-state index contributed by atoms with van der Waals surface area (Å²) < 4.78 is 0. The minimum absolute atomic E-state index is 0.0580. The number of rotatable bonds is 4. The van der Waals surface area contributed by atoms with Crippen molar-refractivity contribution in [1.82, 2.24) is 9.97 Å². The van der Waals surface area contributed by atoms with E-state index in [0.29, 0.717) is 0 Å². The van der Waals surface area contributed by atoms with Gasteiger partial charge in [-0.1, -0.05) is 36.4 Å². The van der Waals surface area contributed by atoms with Crippen molar-refractivity contribution in [1.29, 1.82) is 0 Å². The Hall–Kier alpha value is -2.13. The number of hydrogen-bond donors (Lipinski definition) is 2. The first-order valence-corrected chi connectivity index (χ1v) is 7.40. The number of aryl methyl sites for hydroxylation is 3. The molecule has 3 nitrogen and oxygen atoms in total. The van der Waals surface area contributed by atoms with E-state index in [1.165, 1.54) is 16.7 Å². The first-order valence-electron chi connectivity index (χ1n) is 7.40. The molecule has 0 spiro atoms. The number of imidazole rings is 1. The minimum Gasteiger partial charge on any atom is -0.341 e. The van der Waals surface area contributed by atoms with Gasteiger partial charge in [0.15, 0.2) is 0 Å². The molecule has 0 aliphatic carbocycles. The topological polar surface area (TPSA) is 54.7 Å². The average Bonchev–Trinajstić information content (AvgIpc) is 2.90. The van der Waals surface area contributed by atoms with Crippen molar-refractivity contribution in [2.75, 3.05) is 0 Å². The third kappa shape index (κ3) is 2.98. The van der Waals surface area contributed by atoms with E-state index in [-0.39, 0.29) is 6.04 Å². The van der Waals surface area contributed by atoms with Gasteiger partial charge in [-0.25, -0.2) is 4.98 Å². The summed E-state index contributed by atoms with van der Waals surface area (Å²) in [5.41, 5.74) is 12.2. The highest BCUT2D eigenvalue weighted by molar-refractivity contribution is 5.79. The third-order valence-corrected chi connectivity index (χ3v) is 3.88. The number of benzene rings is 2. The second kappa shape index (κ2) is 5.70. The Bertz CT molecular complexity index is 744. The van der Waals surface area contributed by atoms with Crippen LogP contribution < -0.4 is 5.73 Å². The van der Waals surface area contributed by atoms with Gasteiger partial charge in [0.2, 0.25) is 0 Å². The smallest absolute Gasteiger partial charge is 0.124 e. The zero-order valence-corrected chi connectivity index (χ0v) is 12.6. The van der Waals surface area contributed by atoms with Gasteiger partial charge in [0, 0.05) is 0 Å². The van der Waals surface area contributed by atoms with Gasteiger partial charge in [0.25, 0.3) is 0 Å². The number of nitrogens with two attached hydrogens (primary N) is 1. The van der Waals surface area contributed by atoms with E-state index in [2.05, 4.69) is 60.2 Å². The highest BCUT2D eigenvalue weighted by Gasteiger charge is 2.12. The van der Waals surface area contributed by atoms with Crippen LogP contribution in [0.2, 0.25) is 0 Å². The Morgan fingerprint density at radius 3 is 2.67 bits per heavy atom. The number of fused-ring (bicyclic) bond motifs is 1. The van der Waals surface area contributed by atoms with E-state index in [4.69, 9.17) is 5.73 Å². The van der Waals surface area contributed by atoms with Crippen LogP contribution in [0.1, 0.15) is 35.0 Å². The first-order chi connectivity index (χ1) is 10.1. The molecular weight excluding hydrogens is 258 g/mol. The van der Waals surface area contributed by atoms with E-state index in [9.17, 15) is 0 Å². The fourth-order valence-corrected chi connectivity index (χ4v) is 2.77. The quantitative estimate of drug-likeness (QED) is 0.763. The molecule has 1 aromatic heterocycles. The van der Waals surface area contributed by atoms with Crippen LogP contribution in [0.3, 0.4) is 0 Å². The van der Waals surface area contributed by atoms with Gasteiger partial charge in [0.05, 0.1) is 17.1 Å². The van der Waals surface area contributed by atoms with Gasteiger partial charge >= 0.3 is 0 Å². The minimum atomic E-state index is -0.0580. The largest absolute Gasteiger partial charge is 0.341 e. The zero-order valence-electron chi connectivity index (χ0n) is 12.6. The van der Waals surface area contributed by atoms with Crippen LogP contribution in [0.5, 0.6) is 0 Å². The van der Waals surface area contributed by atoms with Crippen LogP contribution in [0.4, 0.5) is 0 Å². The van der Waals surface area contributed by atoms with Crippen molar-refractivity contribution in [3.63, 3.8) is 0 Å². The Balaban J connectivity index is 1.78. The Morgan fingerprint density at radius 1 is 1.14 bits per heavy atom. The average molecular weight is 279 g/mol. The molecule has 0 aliphatic rings. The molecule has 1 heterocycles. The number of H-pyrrole nitrogens is 1. The van der Waals surface area contributed by atoms with E-state index in [1.54, 1.807) is 0 Å². The zero-order chi connectivity index (χ0) is 14.8. The lowest BCUT2D eigenvalue weighted by Gasteiger charge is -2.08. The molecule has 0 amide bonds. The molecule has 0 fully saturated rings. The lowest BCUT2D eigenvalue weighted by molar-refractivity contribution is 0.621. The Morgan fingerprint density at radius 2 is 1.90 bits per heavy atom. The molecule has 3 aromatic rings. The van der Waals surface area contributed by atoms with Gasteiger partial charge in [-0.3, -0.25) is 0 Å². The molecule has 3 heteroatoms. The van der Waals surface area contributed by atoms with Crippen LogP contribution in [0.15, 0.2) is 42.5 Å². The van der Waals surface area contributed by atoms with Crippen LogP contribution in [-0.2, 0) is 6.42 Å². The van der Waals surface area contributed by atoms with Crippen molar-refractivity contribution in [2.24, 2.45) is 5.73 Å². The third-order valence-electron chi connectivity index (χ3n) is 3.88. The Kier molecular flexibility index (Phi) is 3.76. The summed E-state index contributed by atoms with van der Waals surface area (Å²) in [6.07, 6.45) is 1.86. The summed E-state index contributed by atoms with van der Waals surface area (Å²) >= 11 is 0. The van der Waals surface area contributed by atoms with Gasteiger partial charge in [-0.15, -0.1) is 0 Å². The molecular formula is C18H21N3. The van der Waals surface area contributed by atoms with Crippen molar-refractivity contribution >= 4 is 11.0 Å². The summed E-state index contributed by atoms with van der Waals surface area (Å²) in [5.74, 6) is 0.884. The molecule has 1 atom stereocenters. The number of aromatic amines is 1. The lowest BCUT2D eigenvalue weighted by atomic mass is 10.1. The van der Waals surface area contributed by atoms with Gasteiger partial charge in [-0.2, -0.15) is 0 Å². The number of hydrogen-bond acceptors (Lipinski definition) is 2. The fourth-order valence-electron chi connectivity index (χ4n) is 2.77. The number of nitrogens with zero attached hydrogens (tertiary/aromatic N) is 1. The van der Waals surface area contributed by atoms with Gasteiger partial charge in [-0.05, 0) is 49.4 Å². The maximum Gasteiger partial charge on any atom is 0.124 e. The standard InChI is InChI=1S/C18H21N3/c1-12-10-13(2)17-16(11-12)20-18(21-17)15(19)9-8-14-6-4-3-5-7-14/h3-7,10-11,15H,8-9,19H2,1-2H3,(H,20,21). The molecule has 1 unspecified atom stereocenters. The molecule has 3 rings (SSSR count). The Labute approximate surface area is 125 Å². The lowest BCUT2D eigenvalue weighted by Crippen LogP contribution is -2.13. The maximum absolute atomic E-state index is 6.30. The predicted molar refractivity (Wildman–Crippen MR) is 87.3 cm³/mol. The molecule has 0 bridgehead atoms. The number of aromatic nitrogens is 2. The van der Waals surface area contributed by atoms with Crippen LogP contribution in [0.25, 0.3) is 11.0 Å². The molecule has 0 aliphatic heterocycles. The predicted octanol–water partition coefficient (Wildman–Crippen LogP) is 3.81. The molecule has 0 saturated heterocycles. The first kappa shape index (κ1) is 13.8. The summed E-state index contributed by atoms with van der Waals surface area (Å²) in [6, 6.07) is 14.7. The molecule has 21 heavy (non-hydrogen) atoms. The van der Waals surface area contributed by atoms with Crippen molar-refractivity contribution in [2.45, 2.75) is 32.7 Å². The molecule has 0 radical (unpaired) electrons. The van der Waals surface area contributed by atoms with Crippen molar-refractivity contribution in [3.05, 3.63) is 65.0 Å². The molecule has 2 aromatic carbocycles. The SMILES string of the molecule is Cc1cc(C)c2nc(C(N)CCc3ccccc3)[nH]c2c1. The molecule has 108 valence electrons. The van der Waals surface area contributed by atoms with Crippen LogP contribution >= 0.6 is 0 Å². The van der Waals surface area contributed by atoms with Gasteiger partial charge < -0.3 is 10.7 Å². The highest BCUT2D eigenvalue weighted by Crippen LogP contribution is 2.22. The summed E-state index contributed by atoms with van der Waals surface area (Å²) in [4.78, 5) is 8.06. The number of nitrogens with one attached hydrogen (secondary N) is 1. The second-order valence-corrected chi connectivity index (χ2v) is 5.73. The maximum atomic E-state index is 6.30. The monoisotopic (exact) mass is 279 g/mol. The fraction of sp³-hybridized carbons (Fsp3) is 0.278. The molecule has 0 saturated carbocycles. The van der Waals surface area contributed by atoms with Crippen LogP contribution in [0, 0.1) is 13.8 Å².